The molecule has 7 heteroatoms. The van der Waals surface area contributed by atoms with E-state index >= 15 is 0 Å². The van der Waals surface area contributed by atoms with Crippen molar-refractivity contribution in [3.63, 3.8) is 0 Å². The van der Waals surface area contributed by atoms with E-state index in [0.717, 1.165) is 11.1 Å². The molecule has 0 unspecified atom stereocenters. The van der Waals surface area contributed by atoms with Crippen LogP contribution in [0.5, 0.6) is 5.75 Å². The fourth-order valence-corrected chi connectivity index (χ4v) is 1.89. The quantitative estimate of drug-likeness (QED) is 0.918. The molecule has 2 aromatic rings. The Bertz CT molecular complexity index is 713. The van der Waals surface area contributed by atoms with Crippen LogP contribution < -0.4 is 10.1 Å². The number of halogens is 2. The topological polar surface area (TPSA) is 70.8 Å². The molecule has 1 N–H and O–H groups in total. The Morgan fingerprint density at radius 3 is 2.77 bits per heavy atom. The van der Waals surface area contributed by atoms with Crippen molar-refractivity contribution in [1.29, 1.82) is 5.26 Å². The monoisotopic (exact) mass is 304 g/mol. The van der Waals surface area contributed by atoms with Gasteiger partial charge < -0.3 is 10.1 Å². The SMILES string of the molecule is Cc1nnc(NCc2cccc(OC(F)F)c2)c(C#N)c1C. The zero-order chi connectivity index (χ0) is 16.1. The number of hydrogen-bond donors (Lipinski definition) is 1. The molecule has 5 nitrogen and oxygen atoms in total. The van der Waals surface area contributed by atoms with Gasteiger partial charge in [-0.1, -0.05) is 12.1 Å². The molecule has 0 amide bonds. The van der Waals surface area contributed by atoms with Crippen molar-refractivity contribution in [2.45, 2.75) is 27.0 Å². The fraction of sp³-hybridized carbons (Fsp3) is 0.267. The smallest absolute Gasteiger partial charge is 0.387 e. The van der Waals surface area contributed by atoms with Crippen LogP contribution in [-0.4, -0.2) is 16.8 Å². The molecule has 0 aliphatic heterocycles. The Morgan fingerprint density at radius 1 is 1.32 bits per heavy atom. The minimum absolute atomic E-state index is 0.0842. The van der Waals surface area contributed by atoms with Gasteiger partial charge in [-0.05, 0) is 37.1 Å². The van der Waals surface area contributed by atoms with E-state index in [1.165, 1.54) is 12.1 Å². The molecule has 0 radical (unpaired) electrons. The Balaban J connectivity index is 2.14. The highest BCUT2D eigenvalue weighted by Gasteiger charge is 2.11. The molecule has 1 aromatic heterocycles. The number of ether oxygens (including phenoxy) is 1. The van der Waals surface area contributed by atoms with Crippen molar-refractivity contribution in [2.24, 2.45) is 0 Å². The number of nitrogens with one attached hydrogen (secondary N) is 1. The van der Waals surface area contributed by atoms with Crippen LogP contribution in [0.1, 0.15) is 22.4 Å². The van der Waals surface area contributed by atoms with Gasteiger partial charge in [-0.2, -0.15) is 19.1 Å². The maximum Gasteiger partial charge on any atom is 0.387 e. The first-order valence-corrected chi connectivity index (χ1v) is 6.53. The molecule has 2 rings (SSSR count). The third-order valence-corrected chi connectivity index (χ3v) is 3.15. The normalized spacial score (nSPS) is 10.4. The van der Waals surface area contributed by atoms with Gasteiger partial charge >= 0.3 is 6.61 Å². The van der Waals surface area contributed by atoms with Gasteiger partial charge in [0.25, 0.3) is 0 Å². The molecular weight excluding hydrogens is 290 g/mol. The van der Waals surface area contributed by atoms with Crippen LogP contribution in [-0.2, 0) is 6.54 Å². The highest BCUT2D eigenvalue weighted by Crippen LogP contribution is 2.20. The molecule has 0 aliphatic rings. The van der Waals surface area contributed by atoms with Crippen molar-refractivity contribution in [2.75, 3.05) is 5.32 Å². The van der Waals surface area contributed by atoms with E-state index in [4.69, 9.17) is 0 Å². The summed E-state index contributed by atoms with van der Waals surface area (Å²) in [6.07, 6.45) is 0. The molecule has 0 fully saturated rings. The zero-order valence-electron chi connectivity index (χ0n) is 12.1. The summed E-state index contributed by atoms with van der Waals surface area (Å²) in [6, 6.07) is 8.41. The summed E-state index contributed by atoms with van der Waals surface area (Å²) in [6.45, 7) is 1.02. The summed E-state index contributed by atoms with van der Waals surface area (Å²) in [5.41, 5.74) is 2.60. The van der Waals surface area contributed by atoms with E-state index < -0.39 is 6.61 Å². The average molecular weight is 304 g/mol. The van der Waals surface area contributed by atoms with Crippen molar-refractivity contribution < 1.29 is 13.5 Å². The minimum Gasteiger partial charge on any atom is -0.435 e. The summed E-state index contributed by atoms with van der Waals surface area (Å²) in [5, 5.41) is 20.1. The molecule has 22 heavy (non-hydrogen) atoms. The maximum atomic E-state index is 12.2. The third-order valence-electron chi connectivity index (χ3n) is 3.15. The van der Waals surface area contributed by atoms with Gasteiger partial charge in [-0.3, -0.25) is 0 Å². The standard InChI is InChI=1S/C15H14F2N4O/c1-9-10(2)20-21-14(13(9)7-18)19-8-11-4-3-5-12(6-11)22-15(16)17/h3-6,15H,8H2,1-2H3,(H,19,21). The number of rotatable bonds is 5. The fourth-order valence-electron chi connectivity index (χ4n) is 1.89. The first-order valence-electron chi connectivity index (χ1n) is 6.53. The molecule has 0 aliphatic carbocycles. The molecule has 0 saturated heterocycles. The second kappa shape index (κ2) is 6.80. The van der Waals surface area contributed by atoms with Gasteiger partial charge in [-0.25, -0.2) is 0 Å². The number of hydrogen-bond acceptors (Lipinski definition) is 5. The highest BCUT2D eigenvalue weighted by molar-refractivity contribution is 5.56. The summed E-state index contributed by atoms with van der Waals surface area (Å²) in [7, 11) is 0. The van der Waals surface area contributed by atoms with Crippen molar-refractivity contribution in [3.8, 4) is 11.8 Å². The molecule has 1 aromatic carbocycles. The lowest BCUT2D eigenvalue weighted by Gasteiger charge is -2.10. The van der Waals surface area contributed by atoms with Crippen molar-refractivity contribution in [3.05, 3.63) is 46.6 Å². The third kappa shape index (κ3) is 3.67. The minimum atomic E-state index is -2.86. The predicted molar refractivity (Wildman–Crippen MR) is 76.6 cm³/mol. The van der Waals surface area contributed by atoms with Crippen LogP contribution in [0.15, 0.2) is 24.3 Å². The Kier molecular flexibility index (Phi) is 4.84. The van der Waals surface area contributed by atoms with E-state index in [9.17, 15) is 14.0 Å². The molecule has 114 valence electrons. The summed E-state index contributed by atoms with van der Waals surface area (Å²) in [5.74, 6) is 0.451. The first-order chi connectivity index (χ1) is 10.5. The molecule has 0 atom stereocenters. The Labute approximate surface area is 126 Å². The van der Waals surface area contributed by atoms with Crippen LogP contribution in [0, 0.1) is 25.2 Å². The largest absolute Gasteiger partial charge is 0.435 e. The zero-order valence-corrected chi connectivity index (χ0v) is 12.1. The summed E-state index contributed by atoms with van der Waals surface area (Å²) < 4.78 is 28.7. The van der Waals surface area contributed by atoms with E-state index in [1.54, 1.807) is 26.0 Å². The Morgan fingerprint density at radius 2 is 2.09 bits per heavy atom. The van der Waals surface area contributed by atoms with Crippen LogP contribution in [0.4, 0.5) is 14.6 Å². The number of alkyl halides is 2. The number of nitriles is 1. The maximum absolute atomic E-state index is 12.2. The van der Waals surface area contributed by atoms with Gasteiger partial charge in [0.2, 0.25) is 0 Å². The number of aryl methyl sites for hydroxylation is 1. The van der Waals surface area contributed by atoms with E-state index in [-0.39, 0.29) is 5.75 Å². The van der Waals surface area contributed by atoms with Gasteiger partial charge in [0.1, 0.15) is 17.4 Å². The predicted octanol–water partition coefficient (Wildman–Crippen LogP) is 3.18. The lowest BCUT2D eigenvalue weighted by molar-refractivity contribution is -0.0498. The lowest BCUT2D eigenvalue weighted by atomic mass is 10.1. The highest BCUT2D eigenvalue weighted by atomic mass is 19.3. The average Bonchev–Trinajstić information content (AvgIpc) is 2.48. The number of aromatic nitrogens is 2. The summed E-state index contributed by atoms with van der Waals surface area (Å²) >= 11 is 0. The molecule has 0 spiro atoms. The lowest BCUT2D eigenvalue weighted by Crippen LogP contribution is -2.08. The molecule has 0 bridgehead atoms. The van der Waals surface area contributed by atoms with Gasteiger partial charge in [0.05, 0.1) is 5.69 Å². The van der Waals surface area contributed by atoms with Crippen molar-refractivity contribution >= 4 is 5.82 Å². The van der Waals surface area contributed by atoms with Crippen LogP contribution in [0.25, 0.3) is 0 Å². The second-order valence-corrected chi connectivity index (χ2v) is 4.63. The van der Waals surface area contributed by atoms with Gasteiger partial charge in [0, 0.05) is 6.54 Å². The van der Waals surface area contributed by atoms with Gasteiger partial charge in [0.15, 0.2) is 5.82 Å². The van der Waals surface area contributed by atoms with Crippen LogP contribution in [0.2, 0.25) is 0 Å². The molecule has 1 heterocycles. The van der Waals surface area contributed by atoms with E-state index in [1.807, 2.05) is 0 Å². The van der Waals surface area contributed by atoms with E-state index in [0.29, 0.717) is 23.6 Å². The van der Waals surface area contributed by atoms with E-state index in [2.05, 4.69) is 26.3 Å². The number of nitrogens with zero attached hydrogens (tertiary/aromatic N) is 3. The molecule has 0 saturated carbocycles. The Hall–Kier alpha value is -2.75. The van der Waals surface area contributed by atoms with Crippen LogP contribution in [0.3, 0.4) is 0 Å². The van der Waals surface area contributed by atoms with Crippen LogP contribution >= 0.6 is 0 Å². The summed E-state index contributed by atoms with van der Waals surface area (Å²) in [4.78, 5) is 0. The van der Waals surface area contributed by atoms with Crippen molar-refractivity contribution in [1.82, 2.24) is 10.2 Å². The second-order valence-electron chi connectivity index (χ2n) is 4.63. The molecular formula is C15H14F2N4O. The number of anilines is 1. The van der Waals surface area contributed by atoms with Gasteiger partial charge in [-0.15, -0.1) is 5.10 Å². The first kappa shape index (κ1) is 15.6. The number of benzene rings is 1.